The zero-order valence-electron chi connectivity index (χ0n) is 11.4. The Bertz CT molecular complexity index is 448. The number of hydrogen-bond acceptors (Lipinski definition) is 5. The number of ether oxygens (including phenoxy) is 1. The first kappa shape index (κ1) is 13.7. The molecule has 19 heavy (non-hydrogen) atoms. The van der Waals surface area contributed by atoms with Gasteiger partial charge in [-0.2, -0.15) is 0 Å². The second kappa shape index (κ2) is 5.97. The van der Waals surface area contributed by atoms with Crippen LogP contribution < -0.4 is 5.73 Å². The average molecular weight is 264 g/mol. The van der Waals surface area contributed by atoms with Crippen LogP contribution in [-0.2, 0) is 4.74 Å². The Labute approximate surface area is 113 Å². The van der Waals surface area contributed by atoms with E-state index in [0.29, 0.717) is 24.8 Å². The Morgan fingerprint density at radius 1 is 1.58 bits per heavy atom. The summed E-state index contributed by atoms with van der Waals surface area (Å²) in [5, 5.41) is 0. The maximum atomic E-state index is 12.5. The lowest BCUT2D eigenvalue weighted by atomic mass is 10.1. The molecule has 1 amide bonds. The largest absolute Gasteiger partial charge is 0.383 e. The molecular formula is C13H20N4O2. The van der Waals surface area contributed by atoms with Crippen LogP contribution >= 0.6 is 0 Å². The standard InChI is InChI=1S/C13H20N4O2/c1-9(10-3-4-10)17(5-6-19-2)13(18)11-7-15-8-12(14)16-11/h7-10H,3-6H2,1-2H3,(H2,14,16). The van der Waals surface area contributed by atoms with E-state index in [1.165, 1.54) is 25.2 Å². The van der Waals surface area contributed by atoms with E-state index in [1.54, 1.807) is 7.11 Å². The molecule has 1 aliphatic rings. The van der Waals surface area contributed by atoms with E-state index in [0.717, 1.165) is 0 Å². The highest BCUT2D eigenvalue weighted by Crippen LogP contribution is 2.35. The third kappa shape index (κ3) is 3.41. The zero-order valence-corrected chi connectivity index (χ0v) is 11.4. The summed E-state index contributed by atoms with van der Waals surface area (Å²) in [5.74, 6) is 0.725. The maximum absolute atomic E-state index is 12.5. The number of hydrogen-bond donors (Lipinski definition) is 1. The number of nitrogens with two attached hydrogens (primary N) is 1. The molecule has 0 aromatic carbocycles. The Hall–Kier alpha value is -1.69. The highest BCUT2D eigenvalue weighted by atomic mass is 16.5. The number of amides is 1. The number of carbonyl (C=O) groups is 1. The molecule has 1 aromatic rings. The van der Waals surface area contributed by atoms with Crippen LogP contribution in [0.5, 0.6) is 0 Å². The van der Waals surface area contributed by atoms with Crippen LogP contribution in [0.1, 0.15) is 30.3 Å². The molecule has 1 fully saturated rings. The van der Waals surface area contributed by atoms with E-state index in [2.05, 4.69) is 16.9 Å². The number of aromatic nitrogens is 2. The van der Waals surface area contributed by atoms with E-state index in [9.17, 15) is 4.79 Å². The third-order valence-corrected chi connectivity index (χ3v) is 3.47. The molecule has 0 bridgehead atoms. The van der Waals surface area contributed by atoms with E-state index in [4.69, 9.17) is 10.5 Å². The first-order valence-electron chi connectivity index (χ1n) is 6.51. The van der Waals surface area contributed by atoms with Crippen molar-refractivity contribution in [2.45, 2.75) is 25.8 Å². The summed E-state index contributed by atoms with van der Waals surface area (Å²) in [6.07, 6.45) is 5.25. The number of carbonyl (C=O) groups excluding carboxylic acids is 1. The minimum absolute atomic E-state index is 0.128. The molecule has 0 saturated heterocycles. The van der Waals surface area contributed by atoms with Gasteiger partial charge in [-0.25, -0.2) is 4.98 Å². The van der Waals surface area contributed by atoms with Gasteiger partial charge >= 0.3 is 0 Å². The molecule has 0 radical (unpaired) electrons. The molecule has 1 aliphatic carbocycles. The van der Waals surface area contributed by atoms with Gasteiger partial charge in [0.15, 0.2) is 0 Å². The minimum Gasteiger partial charge on any atom is -0.383 e. The molecule has 2 N–H and O–H groups in total. The number of rotatable bonds is 6. The molecule has 1 heterocycles. The van der Waals surface area contributed by atoms with Crippen LogP contribution in [0.2, 0.25) is 0 Å². The lowest BCUT2D eigenvalue weighted by molar-refractivity contribution is 0.0588. The predicted octanol–water partition coefficient (Wildman–Crippen LogP) is 0.946. The quantitative estimate of drug-likeness (QED) is 0.827. The molecule has 2 rings (SSSR count). The number of methoxy groups -OCH3 is 1. The second-order valence-corrected chi connectivity index (χ2v) is 4.90. The first-order valence-corrected chi connectivity index (χ1v) is 6.51. The van der Waals surface area contributed by atoms with Crippen molar-refractivity contribution in [1.82, 2.24) is 14.9 Å². The number of nitrogens with zero attached hydrogens (tertiary/aromatic N) is 3. The summed E-state index contributed by atoms with van der Waals surface area (Å²) in [6.45, 7) is 3.15. The summed E-state index contributed by atoms with van der Waals surface area (Å²) in [7, 11) is 1.63. The van der Waals surface area contributed by atoms with Gasteiger partial charge in [0.2, 0.25) is 0 Å². The number of anilines is 1. The van der Waals surface area contributed by atoms with Gasteiger partial charge < -0.3 is 15.4 Å². The number of nitrogen functional groups attached to an aromatic ring is 1. The van der Waals surface area contributed by atoms with Crippen LogP contribution in [0, 0.1) is 5.92 Å². The van der Waals surface area contributed by atoms with Crippen LogP contribution in [0.25, 0.3) is 0 Å². The van der Waals surface area contributed by atoms with E-state index in [1.807, 2.05) is 4.90 Å². The highest BCUT2D eigenvalue weighted by molar-refractivity contribution is 5.92. The normalized spacial score (nSPS) is 16.1. The van der Waals surface area contributed by atoms with Crippen LogP contribution in [0.3, 0.4) is 0 Å². The fraction of sp³-hybridized carbons (Fsp3) is 0.615. The fourth-order valence-electron chi connectivity index (χ4n) is 2.14. The van der Waals surface area contributed by atoms with Crippen molar-refractivity contribution >= 4 is 11.7 Å². The SMILES string of the molecule is COCCN(C(=O)c1cncc(N)n1)C(C)C1CC1. The second-order valence-electron chi connectivity index (χ2n) is 4.90. The highest BCUT2D eigenvalue weighted by Gasteiger charge is 2.34. The fourth-order valence-corrected chi connectivity index (χ4v) is 2.14. The van der Waals surface area contributed by atoms with Gasteiger partial charge in [-0.05, 0) is 25.7 Å². The molecule has 0 spiro atoms. The monoisotopic (exact) mass is 264 g/mol. The molecule has 0 aliphatic heterocycles. The van der Waals surface area contributed by atoms with Gasteiger partial charge in [0.05, 0.1) is 19.0 Å². The van der Waals surface area contributed by atoms with Crippen LogP contribution in [0.4, 0.5) is 5.82 Å². The van der Waals surface area contributed by atoms with E-state index >= 15 is 0 Å². The van der Waals surface area contributed by atoms with Crippen molar-refractivity contribution in [1.29, 1.82) is 0 Å². The Kier molecular flexibility index (Phi) is 4.31. The molecule has 104 valence electrons. The van der Waals surface area contributed by atoms with Crippen molar-refractivity contribution in [2.75, 3.05) is 26.0 Å². The zero-order chi connectivity index (χ0) is 13.8. The molecule has 1 unspecified atom stereocenters. The van der Waals surface area contributed by atoms with Crippen molar-refractivity contribution in [2.24, 2.45) is 5.92 Å². The van der Waals surface area contributed by atoms with Crippen molar-refractivity contribution in [3.05, 3.63) is 18.1 Å². The van der Waals surface area contributed by atoms with Gasteiger partial charge in [0.1, 0.15) is 11.5 Å². The minimum atomic E-state index is -0.128. The van der Waals surface area contributed by atoms with Crippen molar-refractivity contribution in [3.63, 3.8) is 0 Å². The molecule has 1 saturated carbocycles. The summed E-state index contributed by atoms with van der Waals surface area (Å²) in [6, 6.07) is 0.200. The third-order valence-electron chi connectivity index (χ3n) is 3.47. The van der Waals surface area contributed by atoms with Gasteiger partial charge in [0, 0.05) is 19.7 Å². The molecule has 1 aromatic heterocycles. The Balaban J connectivity index is 2.14. The lowest BCUT2D eigenvalue weighted by Gasteiger charge is -2.28. The molecule has 1 atom stereocenters. The van der Waals surface area contributed by atoms with Gasteiger partial charge in [-0.15, -0.1) is 0 Å². The topological polar surface area (TPSA) is 81.3 Å². The van der Waals surface area contributed by atoms with Crippen molar-refractivity contribution in [3.8, 4) is 0 Å². The van der Waals surface area contributed by atoms with E-state index < -0.39 is 0 Å². The predicted molar refractivity (Wildman–Crippen MR) is 71.5 cm³/mol. The Morgan fingerprint density at radius 2 is 2.32 bits per heavy atom. The average Bonchev–Trinajstić information content (AvgIpc) is 3.23. The van der Waals surface area contributed by atoms with Crippen LogP contribution in [-0.4, -0.2) is 47.1 Å². The van der Waals surface area contributed by atoms with Crippen molar-refractivity contribution < 1.29 is 9.53 Å². The molecule has 6 nitrogen and oxygen atoms in total. The summed E-state index contributed by atoms with van der Waals surface area (Å²) in [4.78, 5) is 22.3. The van der Waals surface area contributed by atoms with Crippen LogP contribution in [0.15, 0.2) is 12.4 Å². The Morgan fingerprint density at radius 3 is 2.89 bits per heavy atom. The van der Waals surface area contributed by atoms with E-state index in [-0.39, 0.29) is 17.8 Å². The molecule has 6 heteroatoms. The first-order chi connectivity index (χ1) is 9.13. The summed E-state index contributed by atoms with van der Waals surface area (Å²) < 4.78 is 5.08. The van der Waals surface area contributed by atoms with Gasteiger partial charge in [-0.1, -0.05) is 0 Å². The van der Waals surface area contributed by atoms with Gasteiger partial charge in [-0.3, -0.25) is 9.78 Å². The summed E-state index contributed by atoms with van der Waals surface area (Å²) >= 11 is 0. The van der Waals surface area contributed by atoms with Gasteiger partial charge in [0.25, 0.3) is 5.91 Å². The maximum Gasteiger partial charge on any atom is 0.274 e. The molecular weight excluding hydrogens is 244 g/mol. The summed E-state index contributed by atoms with van der Waals surface area (Å²) in [5.41, 5.74) is 5.87. The smallest absolute Gasteiger partial charge is 0.274 e. The lowest BCUT2D eigenvalue weighted by Crippen LogP contribution is -2.42.